The summed E-state index contributed by atoms with van der Waals surface area (Å²) >= 11 is 0. The second-order valence-corrected chi connectivity index (χ2v) is 8.27. The summed E-state index contributed by atoms with van der Waals surface area (Å²) in [5, 5.41) is 20.3. The number of H-pyrrole nitrogens is 1. The van der Waals surface area contributed by atoms with E-state index in [1.807, 2.05) is 0 Å². The van der Waals surface area contributed by atoms with Crippen LogP contribution in [0.2, 0.25) is 0 Å². The van der Waals surface area contributed by atoms with Crippen LogP contribution < -0.4 is 5.56 Å². The van der Waals surface area contributed by atoms with Crippen LogP contribution in [-0.4, -0.2) is 62.4 Å². The molecule has 9 heteroatoms. The average Bonchev–Trinajstić information content (AvgIpc) is 2.96. The van der Waals surface area contributed by atoms with Crippen LogP contribution in [0.5, 0.6) is 5.88 Å². The number of aromatic nitrogens is 1. The maximum atomic E-state index is 12.9. The maximum Gasteiger partial charge on any atom is 0.411 e. The largest absolute Gasteiger partial charge is 0.494 e. The second-order valence-electron chi connectivity index (χ2n) is 8.27. The van der Waals surface area contributed by atoms with Gasteiger partial charge in [0.05, 0.1) is 18.7 Å². The number of fused-ring (bicyclic) bond motifs is 1. The number of aliphatic hydroxyl groups excluding tert-OH is 1. The number of carbonyl (C=O) groups is 1. The van der Waals surface area contributed by atoms with Gasteiger partial charge in [-0.1, -0.05) is 0 Å². The summed E-state index contributed by atoms with van der Waals surface area (Å²) in [6.07, 6.45) is -1.94. The maximum absolute atomic E-state index is 12.9. The van der Waals surface area contributed by atoms with Crippen LogP contribution in [0.4, 0.5) is 4.79 Å². The summed E-state index contributed by atoms with van der Waals surface area (Å²) < 4.78 is 17.4. The van der Waals surface area contributed by atoms with Gasteiger partial charge in [0.25, 0.3) is 5.56 Å². The van der Waals surface area contributed by atoms with Crippen molar-refractivity contribution in [3.05, 3.63) is 28.0 Å². The Hall–Kier alpha value is -2.10. The molecular weight excluding hydrogens is 356 g/mol. The summed E-state index contributed by atoms with van der Waals surface area (Å²) in [6.45, 7) is 8.30. The Balaban J connectivity index is 2.08. The Labute approximate surface area is 156 Å². The molecule has 0 radical (unpaired) electrons. The molecule has 1 unspecified atom stereocenters. The molecule has 1 aromatic rings. The highest BCUT2D eigenvalue weighted by molar-refractivity contribution is 5.70. The fourth-order valence-corrected chi connectivity index (χ4v) is 3.68. The summed E-state index contributed by atoms with van der Waals surface area (Å²) in [7, 11) is 0. The normalized spacial score (nSPS) is 29.6. The lowest BCUT2D eigenvalue weighted by atomic mass is 10.0. The SMILES string of the molecule is CC(C)(C)OC(=O)N1C(c2ccc(=O)[nH]c2O)[C@@H]2OC(C)(C)O[C@@H]2[C@H]1CO. The van der Waals surface area contributed by atoms with E-state index in [2.05, 4.69) is 4.98 Å². The number of nitrogens with one attached hydrogen (secondary N) is 1. The van der Waals surface area contributed by atoms with E-state index in [1.54, 1.807) is 34.6 Å². The van der Waals surface area contributed by atoms with E-state index in [-0.39, 0.29) is 18.1 Å². The number of aromatic hydroxyl groups is 1. The van der Waals surface area contributed by atoms with Gasteiger partial charge in [-0.15, -0.1) is 0 Å². The minimum Gasteiger partial charge on any atom is -0.494 e. The van der Waals surface area contributed by atoms with Gasteiger partial charge in [-0.25, -0.2) is 4.79 Å². The number of pyridine rings is 1. The molecule has 2 fully saturated rings. The molecule has 0 aliphatic carbocycles. The van der Waals surface area contributed by atoms with Crippen LogP contribution in [0.15, 0.2) is 16.9 Å². The summed E-state index contributed by atoms with van der Waals surface area (Å²) in [5.41, 5.74) is -0.946. The number of hydrogen-bond acceptors (Lipinski definition) is 7. The molecule has 2 saturated heterocycles. The average molecular weight is 382 g/mol. The molecule has 0 aromatic carbocycles. The third-order valence-electron chi connectivity index (χ3n) is 4.55. The third kappa shape index (κ3) is 3.67. The molecule has 3 heterocycles. The monoisotopic (exact) mass is 382 g/mol. The topological polar surface area (TPSA) is 121 Å². The van der Waals surface area contributed by atoms with Crippen molar-refractivity contribution >= 4 is 6.09 Å². The number of rotatable bonds is 2. The predicted octanol–water partition coefficient (Wildman–Crippen LogP) is 1.25. The highest BCUT2D eigenvalue weighted by atomic mass is 16.8. The van der Waals surface area contributed by atoms with Gasteiger partial charge >= 0.3 is 6.09 Å². The summed E-state index contributed by atoms with van der Waals surface area (Å²) in [6, 6.07) is 1.15. The van der Waals surface area contributed by atoms with Crippen molar-refractivity contribution in [3.8, 4) is 5.88 Å². The number of nitrogens with zero attached hydrogens (tertiary/aromatic N) is 1. The molecule has 1 aromatic heterocycles. The number of ether oxygens (including phenoxy) is 3. The summed E-state index contributed by atoms with van der Waals surface area (Å²) in [4.78, 5) is 28.0. The van der Waals surface area contributed by atoms with Gasteiger partial charge in [-0.05, 0) is 40.7 Å². The molecule has 0 bridgehead atoms. The lowest BCUT2D eigenvalue weighted by Gasteiger charge is -2.35. The minimum absolute atomic E-state index is 0.285. The molecule has 1 amide bonds. The first kappa shape index (κ1) is 19.7. The van der Waals surface area contributed by atoms with Crippen molar-refractivity contribution < 1.29 is 29.2 Å². The van der Waals surface area contributed by atoms with E-state index in [0.29, 0.717) is 0 Å². The van der Waals surface area contributed by atoms with Crippen LogP contribution in [0.25, 0.3) is 0 Å². The second kappa shape index (κ2) is 6.50. The van der Waals surface area contributed by atoms with E-state index in [9.17, 15) is 19.8 Å². The zero-order valence-corrected chi connectivity index (χ0v) is 16.1. The van der Waals surface area contributed by atoms with Crippen molar-refractivity contribution in [1.29, 1.82) is 0 Å². The number of likely N-dealkylation sites (tertiary alicyclic amines) is 1. The van der Waals surface area contributed by atoms with Crippen LogP contribution in [0.3, 0.4) is 0 Å². The van der Waals surface area contributed by atoms with Gasteiger partial charge in [-0.2, -0.15) is 0 Å². The fourth-order valence-electron chi connectivity index (χ4n) is 3.68. The van der Waals surface area contributed by atoms with Gasteiger partial charge in [0, 0.05) is 11.6 Å². The van der Waals surface area contributed by atoms with Crippen molar-refractivity contribution in [2.45, 2.75) is 70.3 Å². The number of amides is 1. The molecule has 9 nitrogen and oxygen atoms in total. The van der Waals surface area contributed by atoms with Crippen LogP contribution in [0.1, 0.15) is 46.2 Å². The van der Waals surface area contributed by atoms with Crippen LogP contribution in [-0.2, 0) is 14.2 Å². The Morgan fingerprint density at radius 2 is 1.93 bits per heavy atom. The molecule has 4 atom stereocenters. The predicted molar refractivity (Wildman–Crippen MR) is 94.2 cm³/mol. The molecule has 0 saturated carbocycles. The lowest BCUT2D eigenvalue weighted by molar-refractivity contribution is -0.169. The highest BCUT2D eigenvalue weighted by Crippen LogP contribution is 2.48. The molecule has 2 aliphatic heterocycles. The number of aliphatic hydroxyl groups is 1. The highest BCUT2D eigenvalue weighted by Gasteiger charge is 2.60. The summed E-state index contributed by atoms with van der Waals surface area (Å²) in [5.74, 6) is -1.29. The van der Waals surface area contributed by atoms with E-state index in [1.165, 1.54) is 17.0 Å². The van der Waals surface area contributed by atoms with Gasteiger partial charge in [0.2, 0.25) is 0 Å². The first-order chi connectivity index (χ1) is 12.4. The Kier molecular flexibility index (Phi) is 4.73. The van der Waals surface area contributed by atoms with Gasteiger partial charge in [0.1, 0.15) is 17.8 Å². The Morgan fingerprint density at radius 3 is 2.48 bits per heavy atom. The van der Waals surface area contributed by atoms with E-state index in [0.717, 1.165) is 0 Å². The molecule has 3 N–H and O–H groups in total. The van der Waals surface area contributed by atoms with Crippen LogP contribution in [0, 0.1) is 0 Å². The van der Waals surface area contributed by atoms with Crippen molar-refractivity contribution in [3.63, 3.8) is 0 Å². The molecule has 2 aliphatic rings. The quantitative estimate of drug-likeness (QED) is 0.704. The van der Waals surface area contributed by atoms with Gasteiger partial charge in [0.15, 0.2) is 11.7 Å². The molecule has 0 spiro atoms. The fraction of sp³-hybridized carbons (Fsp3) is 0.667. The number of aromatic amines is 1. The minimum atomic E-state index is -0.918. The number of carbonyl (C=O) groups excluding carboxylic acids is 1. The zero-order valence-electron chi connectivity index (χ0n) is 16.1. The smallest absolute Gasteiger partial charge is 0.411 e. The van der Waals surface area contributed by atoms with E-state index in [4.69, 9.17) is 14.2 Å². The van der Waals surface area contributed by atoms with E-state index >= 15 is 0 Å². The molecule has 27 heavy (non-hydrogen) atoms. The zero-order chi connectivity index (χ0) is 20.1. The van der Waals surface area contributed by atoms with Crippen molar-refractivity contribution in [2.75, 3.05) is 6.61 Å². The Bertz CT molecular complexity index is 783. The van der Waals surface area contributed by atoms with E-state index < -0.39 is 47.3 Å². The van der Waals surface area contributed by atoms with Crippen molar-refractivity contribution in [2.24, 2.45) is 0 Å². The first-order valence-electron chi connectivity index (χ1n) is 8.83. The third-order valence-corrected chi connectivity index (χ3v) is 4.55. The van der Waals surface area contributed by atoms with Gasteiger partial charge in [-0.3, -0.25) is 14.7 Å². The first-order valence-corrected chi connectivity index (χ1v) is 8.83. The lowest BCUT2D eigenvalue weighted by Crippen LogP contribution is -2.47. The van der Waals surface area contributed by atoms with Gasteiger partial charge < -0.3 is 24.4 Å². The van der Waals surface area contributed by atoms with Crippen molar-refractivity contribution in [1.82, 2.24) is 9.88 Å². The molecule has 3 rings (SSSR count). The number of hydrogen-bond donors (Lipinski definition) is 3. The van der Waals surface area contributed by atoms with Crippen LogP contribution >= 0.6 is 0 Å². The Morgan fingerprint density at radius 1 is 1.30 bits per heavy atom. The standard InChI is InChI=1S/C18H26N2O7/c1-17(2,3)27-16(24)20-10(8-21)13-14(26-18(4,5)25-13)12(20)9-6-7-11(22)19-15(9)23/h6-7,10,12-14,21H,8H2,1-5H3,(H2,19,22,23)/t10-,12?,13-,14+/m1/s1. The molecule has 150 valence electrons. The molecular formula is C18H26N2O7.